The van der Waals surface area contributed by atoms with E-state index in [2.05, 4.69) is 23.6 Å². The molecule has 3 heterocycles. The number of nitrogens with zero attached hydrogens (tertiary/aromatic N) is 1. The first-order valence-electron chi connectivity index (χ1n) is 8.09. The minimum absolute atomic E-state index is 0.109. The molecule has 118 valence electrons. The molecule has 4 heteroatoms. The van der Waals surface area contributed by atoms with Gasteiger partial charge in [0.2, 0.25) is 5.91 Å². The topological polar surface area (TPSA) is 29.5 Å². The van der Waals surface area contributed by atoms with Crippen molar-refractivity contribution in [1.82, 2.24) is 4.90 Å². The number of amides is 1. The van der Waals surface area contributed by atoms with Crippen LogP contribution < -0.4 is 4.74 Å². The summed E-state index contributed by atoms with van der Waals surface area (Å²) in [6, 6.07) is 10.6. The summed E-state index contributed by atoms with van der Waals surface area (Å²) in [7, 11) is 0. The first kappa shape index (κ1) is 14.5. The van der Waals surface area contributed by atoms with E-state index < -0.39 is 0 Å². The molecule has 0 saturated carbocycles. The van der Waals surface area contributed by atoms with Crippen molar-refractivity contribution in [3.8, 4) is 5.75 Å². The Hall–Kier alpha value is -2.07. The molecule has 1 aromatic heterocycles. The summed E-state index contributed by atoms with van der Waals surface area (Å²) in [6.45, 7) is 1.61. The average molecular weight is 325 g/mol. The maximum Gasteiger partial charge on any atom is 0.247 e. The summed E-state index contributed by atoms with van der Waals surface area (Å²) in [6.07, 6.45) is 6.74. The molecule has 2 aromatic rings. The van der Waals surface area contributed by atoms with Crippen LogP contribution in [0.5, 0.6) is 5.75 Å². The molecule has 2 aliphatic heterocycles. The van der Waals surface area contributed by atoms with Crippen LogP contribution in [0, 0.1) is 0 Å². The molecule has 1 unspecified atom stereocenters. The van der Waals surface area contributed by atoms with E-state index in [1.54, 1.807) is 17.4 Å². The quantitative estimate of drug-likeness (QED) is 0.797. The van der Waals surface area contributed by atoms with Crippen molar-refractivity contribution >= 4 is 23.3 Å². The van der Waals surface area contributed by atoms with E-state index in [-0.39, 0.29) is 11.9 Å². The Morgan fingerprint density at radius 3 is 3.17 bits per heavy atom. The second-order valence-electron chi connectivity index (χ2n) is 6.00. The molecular weight excluding hydrogens is 306 g/mol. The van der Waals surface area contributed by atoms with E-state index in [1.165, 1.54) is 10.4 Å². The van der Waals surface area contributed by atoms with Gasteiger partial charge in [0.15, 0.2) is 0 Å². The molecule has 1 aromatic carbocycles. The van der Waals surface area contributed by atoms with Gasteiger partial charge in [-0.1, -0.05) is 12.1 Å². The Morgan fingerprint density at radius 2 is 2.30 bits per heavy atom. The van der Waals surface area contributed by atoms with Gasteiger partial charge in [-0.2, -0.15) is 0 Å². The van der Waals surface area contributed by atoms with Crippen molar-refractivity contribution in [2.24, 2.45) is 0 Å². The van der Waals surface area contributed by atoms with Crippen LogP contribution in [0.4, 0.5) is 0 Å². The second-order valence-corrected chi connectivity index (χ2v) is 6.98. The van der Waals surface area contributed by atoms with Crippen LogP contribution in [0.15, 0.2) is 41.8 Å². The third-order valence-electron chi connectivity index (χ3n) is 4.54. The Labute approximate surface area is 140 Å². The highest BCUT2D eigenvalue weighted by molar-refractivity contribution is 7.10. The predicted octanol–water partition coefficient (Wildman–Crippen LogP) is 4.06. The maximum atomic E-state index is 12.6. The first-order chi connectivity index (χ1) is 11.3. The lowest BCUT2D eigenvalue weighted by atomic mass is 10.1. The lowest BCUT2D eigenvalue weighted by Crippen LogP contribution is -2.28. The van der Waals surface area contributed by atoms with Crippen LogP contribution in [0.3, 0.4) is 0 Å². The fraction of sp³-hybridized carbons (Fsp3) is 0.316. The van der Waals surface area contributed by atoms with Gasteiger partial charge in [0, 0.05) is 23.9 Å². The molecule has 0 radical (unpaired) electrons. The third kappa shape index (κ3) is 2.91. The number of thiophene rings is 1. The predicted molar refractivity (Wildman–Crippen MR) is 92.7 cm³/mol. The van der Waals surface area contributed by atoms with Gasteiger partial charge in [0.05, 0.1) is 12.6 Å². The Balaban J connectivity index is 1.49. The van der Waals surface area contributed by atoms with E-state index in [0.29, 0.717) is 0 Å². The summed E-state index contributed by atoms with van der Waals surface area (Å²) in [4.78, 5) is 15.9. The zero-order chi connectivity index (χ0) is 15.6. The normalized spacial score (nSPS) is 20.0. The fourth-order valence-electron chi connectivity index (χ4n) is 3.38. The summed E-state index contributed by atoms with van der Waals surface area (Å²) in [5, 5.41) is 2.08. The highest BCUT2D eigenvalue weighted by Gasteiger charge is 2.29. The fourth-order valence-corrected chi connectivity index (χ4v) is 4.25. The Kier molecular flexibility index (Phi) is 3.92. The van der Waals surface area contributed by atoms with Crippen molar-refractivity contribution in [3.05, 3.63) is 57.8 Å². The SMILES string of the molecule is O=C(C=Cc1ccc2c(c1)CCO2)N1CCCC1c1cccs1. The van der Waals surface area contributed by atoms with Crippen LogP contribution >= 0.6 is 11.3 Å². The largest absolute Gasteiger partial charge is 0.493 e. The number of likely N-dealkylation sites (tertiary alicyclic amines) is 1. The third-order valence-corrected chi connectivity index (χ3v) is 5.51. The summed E-state index contributed by atoms with van der Waals surface area (Å²) in [5.41, 5.74) is 2.30. The first-order valence-corrected chi connectivity index (χ1v) is 8.97. The molecule has 2 aliphatic rings. The van der Waals surface area contributed by atoms with Crippen molar-refractivity contribution in [1.29, 1.82) is 0 Å². The zero-order valence-electron chi connectivity index (χ0n) is 12.9. The molecule has 3 nitrogen and oxygen atoms in total. The monoisotopic (exact) mass is 325 g/mol. The minimum Gasteiger partial charge on any atom is -0.493 e. The van der Waals surface area contributed by atoms with Crippen LogP contribution in [0.25, 0.3) is 6.08 Å². The number of rotatable bonds is 3. The molecule has 1 atom stereocenters. The molecule has 0 N–H and O–H groups in total. The van der Waals surface area contributed by atoms with Crippen LogP contribution in [0.2, 0.25) is 0 Å². The number of carbonyl (C=O) groups is 1. The van der Waals surface area contributed by atoms with Gasteiger partial charge in [-0.3, -0.25) is 4.79 Å². The van der Waals surface area contributed by atoms with E-state index >= 15 is 0 Å². The number of carbonyl (C=O) groups excluding carboxylic acids is 1. The smallest absolute Gasteiger partial charge is 0.247 e. The summed E-state index contributed by atoms with van der Waals surface area (Å²) >= 11 is 1.74. The van der Waals surface area contributed by atoms with Gasteiger partial charge in [-0.15, -0.1) is 11.3 Å². The molecule has 0 bridgehead atoms. The molecule has 0 aliphatic carbocycles. The molecule has 1 amide bonds. The van der Waals surface area contributed by atoms with E-state index in [9.17, 15) is 4.79 Å². The lowest BCUT2D eigenvalue weighted by molar-refractivity contribution is -0.126. The van der Waals surface area contributed by atoms with Gasteiger partial charge in [0.1, 0.15) is 5.75 Å². The minimum atomic E-state index is 0.109. The van der Waals surface area contributed by atoms with Crippen molar-refractivity contribution in [2.45, 2.75) is 25.3 Å². The zero-order valence-corrected chi connectivity index (χ0v) is 13.7. The number of hydrogen-bond donors (Lipinski definition) is 0. The highest BCUT2D eigenvalue weighted by Crippen LogP contribution is 2.34. The van der Waals surface area contributed by atoms with E-state index in [1.807, 2.05) is 23.1 Å². The van der Waals surface area contributed by atoms with Gasteiger partial charge in [-0.25, -0.2) is 0 Å². The highest BCUT2D eigenvalue weighted by atomic mass is 32.1. The van der Waals surface area contributed by atoms with Gasteiger partial charge in [-0.05, 0) is 53.6 Å². The van der Waals surface area contributed by atoms with E-state index in [0.717, 1.165) is 43.7 Å². The number of fused-ring (bicyclic) bond motifs is 1. The van der Waals surface area contributed by atoms with Gasteiger partial charge in [0.25, 0.3) is 0 Å². The number of benzene rings is 1. The van der Waals surface area contributed by atoms with Crippen LogP contribution in [-0.2, 0) is 11.2 Å². The Morgan fingerprint density at radius 1 is 1.35 bits per heavy atom. The van der Waals surface area contributed by atoms with E-state index in [4.69, 9.17) is 4.74 Å². The summed E-state index contributed by atoms with van der Waals surface area (Å²) < 4.78 is 5.52. The lowest BCUT2D eigenvalue weighted by Gasteiger charge is -2.22. The summed E-state index contributed by atoms with van der Waals surface area (Å²) in [5.74, 6) is 1.09. The number of ether oxygens (including phenoxy) is 1. The van der Waals surface area contributed by atoms with Crippen molar-refractivity contribution in [2.75, 3.05) is 13.2 Å². The standard InChI is InChI=1S/C19H19NO2S/c21-19(20-10-1-3-16(20)18-4-2-12-23-18)8-6-14-5-7-17-15(13-14)9-11-22-17/h2,4-8,12-13,16H,1,3,9-11H2. The second kappa shape index (κ2) is 6.20. The van der Waals surface area contributed by atoms with Crippen molar-refractivity contribution < 1.29 is 9.53 Å². The van der Waals surface area contributed by atoms with Crippen LogP contribution in [0.1, 0.15) is 34.9 Å². The maximum absolute atomic E-state index is 12.6. The molecule has 4 rings (SSSR count). The number of hydrogen-bond acceptors (Lipinski definition) is 3. The van der Waals surface area contributed by atoms with Gasteiger partial charge < -0.3 is 9.64 Å². The average Bonchev–Trinajstić information content (AvgIpc) is 3.32. The molecule has 1 saturated heterocycles. The van der Waals surface area contributed by atoms with Gasteiger partial charge >= 0.3 is 0 Å². The van der Waals surface area contributed by atoms with Crippen molar-refractivity contribution in [3.63, 3.8) is 0 Å². The Bertz CT molecular complexity index is 736. The molecule has 23 heavy (non-hydrogen) atoms. The molecule has 0 spiro atoms. The van der Waals surface area contributed by atoms with Crippen LogP contribution in [-0.4, -0.2) is 24.0 Å². The molecular formula is C19H19NO2S. The molecule has 1 fully saturated rings.